The highest BCUT2D eigenvalue weighted by molar-refractivity contribution is 6.36. The van der Waals surface area contributed by atoms with Crippen LogP contribution in [-0.4, -0.2) is 11.7 Å². The molecule has 0 aromatic rings. The van der Waals surface area contributed by atoms with Crippen LogP contribution in [0.5, 0.6) is 0 Å². The molecule has 0 spiro atoms. The third-order valence-corrected chi connectivity index (χ3v) is 2.60. The Kier molecular flexibility index (Phi) is 2.84. The van der Waals surface area contributed by atoms with Gasteiger partial charge >= 0.3 is 0 Å². The van der Waals surface area contributed by atoms with E-state index in [9.17, 15) is 9.59 Å². The Morgan fingerprint density at radius 2 is 2.08 bits per heavy atom. The molecule has 0 aliphatic heterocycles. The summed E-state index contributed by atoms with van der Waals surface area (Å²) < 4.78 is 0. The highest BCUT2D eigenvalue weighted by Crippen LogP contribution is 2.32. The number of hydrogen-bond acceptors (Lipinski definition) is 2. The molecule has 2 N–H and O–H groups in total. The molecule has 0 heterocycles. The molecule has 1 rings (SSSR count). The van der Waals surface area contributed by atoms with Crippen LogP contribution in [0.4, 0.5) is 0 Å². The SMILES string of the molecule is CC(CC1CCC1)C(=O)C(N)=O. The Balaban J connectivity index is 2.31. The van der Waals surface area contributed by atoms with Crippen molar-refractivity contribution in [3.63, 3.8) is 0 Å². The van der Waals surface area contributed by atoms with Crippen LogP contribution in [-0.2, 0) is 9.59 Å². The summed E-state index contributed by atoms with van der Waals surface area (Å²) in [6.45, 7) is 1.78. The molecule has 0 aromatic heterocycles. The van der Waals surface area contributed by atoms with Crippen LogP contribution >= 0.6 is 0 Å². The van der Waals surface area contributed by atoms with Crippen molar-refractivity contribution < 1.29 is 9.59 Å². The topological polar surface area (TPSA) is 60.2 Å². The van der Waals surface area contributed by atoms with Gasteiger partial charge in [-0.05, 0) is 12.3 Å². The fourth-order valence-electron chi connectivity index (χ4n) is 1.58. The largest absolute Gasteiger partial charge is 0.363 e. The van der Waals surface area contributed by atoms with Crippen molar-refractivity contribution in [2.75, 3.05) is 0 Å². The van der Waals surface area contributed by atoms with Gasteiger partial charge in [0, 0.05) is 5.92 Å². The van der Waals surface area contributed by atoms with Crippen molar-refractivity contribution in [1.82, 2.24) is 0 Å². The van der Waals surface area contributed by atoms with Gasteiger partial charge in [0.1, 0.15) is 0 Å². The minimum absolute atomic E-state index is 0.173. The maximum absolute atomic E-state index is 11.0. The van der Waals surface area contributed by atoms with Gasteiger partial charge in [0.2, 0.25) is 5.78 Å². The van der Waals surface area contributed by atoms with E-state index in [0.29, 0.717) is 5.92 Å². The van der Waals surface area contributed by atoms with E-state index in [4.69, 9.17) is 5.73 Å². The van der Waals surface area contributed by atoms with Crippen LogP contribution in [0.2, 0.25) is 0 Å². The lowest BCUT2D eigenvalue weighted by atomic mass is 9.78. The molecule has 1 aliphatic rings. The Labute approximate surface area is 72.3 Å². The van der Waals surface area contributed by atoms with E-state index in [2.05, 4.69) is 0 Å². The van der Waals surface area contributed by atoms with E-state index in [1.807, 2.05) is 0 Å². The average Bonchev–Trinajstić information content (AvgIpc) is 1.94. The summed E-state index contributed by atoms with van der Waals surface area (Å²) >= 11 is 0. The molecule has 1 unspecified atom stereocenters. The molecule has 1 amide bonds. The molecule has 3 nitrogen and oxygen atoms in total. The highest BCUT2D eigenvalue weighted by Gasteiger charge is 2.25. The maximum Gasteiger partial charge on any atom is 0.285 e. The third-order valence-electron chi connectivity index (χ3n) is 2.60. The fourth-order valence-corrected chi connectivity index (χ4v) is 1.58. The van der Waals surface area contributed by atoms with Crippen molar-refractivity contribution in [3.8, 4) is 0 Å². The van der Waals surface area contributed by atoms with Gasteiger partial charge in [0.25, 0.3) is 5.91 Å². The standard InChI is InChI=1S/C9H15NO2/c1-6(8(11)9(10)12)5-7-3-2-4-7/h6-7H,2-5H2,1H3,(H2,10,12). The molecular formula is C9H15NO2. The van der Waals surface area contributed by atoms with Gasteiger partial charge in [0.15, 0.2) is 0 Å². The van der Waals surface area contributed by atoms with Crippen molar-refractivity contribution in [2.24, 2.45) is 17.6 Å². The van der Waals surface area contributed by atoms with Gasteiger partial charge in [-0.2, -0.15) is 0 Å². The predicted octanol–water partition coefficient (Wildman–Crippen LogP) is 0.867. The molecule has 0 aromatic carbocycles. The first-order valence-corrected chi connectivity index (χ1v) is 4.45. The number of amides is 1. The average molecular weight is 169 g/mol. The molecule has 3 heteroatoms. The number of carbonyl (C=O) groups is 2. The zero-order chi connectivity index (χ0) is 9.14. The van der Waals surface area contributed by atoms with Crippen molar-refractivity contribution >= 4 is 11.7 Å². The monoisotopic (exact) mass is 169 g/mol. The molecule has 0 bridgehead atoms. The van der Waals surface area contributed by atoms with Crippen molar-refractivity contribution in [1.29, 1.82) is 0 Å². The number of nitrogens with two attached hydrogens (primary N) is 1. The van der Waals surface area contributed by atoms with E-state index in [1.165, 1.54) is 19.3 Å². The second-order valence-electron chi connectivity index (χ2n) is 3.66. The fraction of sp³-hybridized carbons (Fsp3) is 0.778. The number of ketones is 1. The lowest BCUT2D eigenvalue weighted by molar-refractivity contribution is -0.138. The molecule has 68 valence electrons. The van der Waals surface area contributed by atoms with E-state index < -0.39 is 11.7 Å². The van der Waals surface area contributed by atoms with Crippen LogP contribution in [0.15, 0.2) is 0 Å². The van der Waals surface area contributed by atoms with Gasteiger partial charge in [-0.25, -0.2) is 0 Å². The van der Waals surface area contributed by atoms with Gasteiger partial charge in [-0.3, -0.25) is 9.59 Å². The Hall–Kier alpha value is -0.860. The number of Topliss-reactive ketones (excluding diaryl/α,β-unsaturated/α-hetero) is 1. The number of carbonyl (C=O) groups excluding carboxylic acids is 2. The van der Waals surface area contributed by atoms with Crippen LogP contribution < -0.4 is 5.73 Å². The van der Waals surface area contributed by atoms with Crippen LogP contribution in [0.3, 0.4) is 0 Å². The highest BCUT2D eigenvalue weighted by atomic mass is 16.2. The molecule has 0 radical (unpaired) electrons. The van der Waals surface area contributed by atoms with Crippen LogP contribution in [0, 0.1) is 11.8 Å². The maximum atomic E-state index is 11.0. The molecular weight excluding hydrogens is 154 g/mol. The first-order chi connectivity index (χ1) is 5.61. The van der Waals surface area contributed by atoms with Gasteiger partial charge in [-0.1, -0.05) is 26.2 Å². The summed E-state index contributed by atoms with van der Waals surface area (Å²) in [6.07, 6.45) is 4.51. The second kappa shape index (κ2) is 3.70. The summed E-state index contributed by atoms with van der Waals surface area (Å²) in [6, 6.07) is 0. The normalized spacial score (nSPS) is 19.8. The number of rotatable bonds is 4. The molecule has 12 heavy (non-hydrogen) atoms. The summed E-state index contributed by atoms with van der Waals surface area (Å²) in [7, 11) is 0. The molecule has 0 saturated heterocycles. The van der Waals surface area contributed by atoms with E-state index in [0.717, 1.165) is 6.42 Å². The van der Waals surface area contributed by atoms with Gasteiger partial charge in [0.05, 0.1) is 0 Å². The van der Waals surface area contributed by atoms with Crippen LogP contribution in [0.1, 0.15) is 32.6 Å². The van der Waals surface area contributed by atoms with E-state index in [-0.39, 0.29) is 5.92 Å². The zero-order valence-corrected chi connectivity index (χ0v) is 7.38. The number of primary amides is 1. The summed E-state index contributed by atoms with van der Waals surface area (Å²) in [5.74, 6) is -0.722. The smallest absolute Gasteiger partial charge is 0.285 e. The summed E-state index contributed by atoms with van der Waals surface area (Å²) in [5, 5.41) is 0. The molecule has 1 aliphatic carbocycles. The minimum atomic E-state index is -0.790. The zero-order valence-electron chi connectivity index (χ0n) is 7.38. The van der Waals surface area contributed by atoms with Gasteiger partial charge in [-0.15, -0.1) is 0 Å². The first kappa shape index (κ1) is 9.23. The lowest BCUT2D eigenvalue weighted by Gasteiger charge is -2.27. The molecule has 1 saturated carbocycles. The number of hydrogen-bond donors (Lipinski definition) is 1. The molecule has 1 atom stereocenters. The van der Waals surface area contributed by atoms with Crippen LogP contribution in [0.25, 0.3) is 0 Å². The quantitative estimate of drug-likeness (QED) is 0.635. The Morgan fingerprint density at radius 3 is 2.42 bits per heavy atom. The first-order valence-electron chi connectivity index (χ1n) is 4.45. The minimum Gasteiger partial charge on any atom is -0.363 e. The van der Waals surface area contributed by atoms with E-state index in [1.54, 1.807) is 6.92 Å². The van der Waals surface area contributed by atoms with Crippen molar-refractivity contribution in [3.05, 3.63) is 0 Å². The third kappa shape index (κ3) is 2.06. The lowest BCUT2D eigenvalue weighted by Crippen LogP contribution is -2.30. The van der Waals surface area contributed by atoms with Crippen molar-refractivity contribution in [2.45, 2.75) is 32.6 Å². The summed E-state index contributed by atoms with van der Waals surface area (Å²) in [4.78, 5) is 21.5. The second-order valence-corrected chi connectivity index (χ2v) is 3.66. The Bertz CT molecular complexity index is 197. The summed E-state index contributed by atoms with van der Waals surface area (Å²) in [5.41, 5.74) is 4.88. The Morgan fingerprint density at radius 1 is 1.50 bits per heavy atom. The van der Waals surface area contributed by atoms with E-state index >= 15 is 0 Å². The van der Waals surface area contributed by atoms with Gasteiger partial charge < -0.3 is 5.73 Å². The predicted molar refractivity (Wildman–Crippen MR) is 45.3 cm³/mol. The molecule has 1 fully saturated rings.